The van der Waals surface area contributed by atoms with Crippen molar-refractivity contribution in [3.8, 4) is 5.75 Å². The van der Waals surface area contributed by atoms with E-state index in [1.54, 1.807) is 6.92 Å². The lowest BCUT2D eigenvalue weighted by Crippen LogP contribution is -2.13. The number of aliphatic hydroxyl groups excluding tert-OH is 1. The molecule has 1 N–H and O–H groups in total. The van der Waals surface area contributed by atoms with Gasteiger partial charge in [0.2, 0.25) is 0 Å². The van der Waals surface area contributed by atoms with Crippen LogP contribution in [0.4, 0.5) is 0 Å². The quantitative estimate of drug-likeness (QED) is 0.928. The molecule has 2 aromatic carbocycles. The molecule has 3 rings (SSSR count). The number of aliphatic hydroxyl groups is 1. The predicted octanol–water partition coefficient (Wildman–Crippen LogP) is 3.31. The summed E-state index contributed by atoms with van der Waals surface area (Å²) in [5.74, 6) is 1.26. The van der Waals surface area contributed by atoms with Crippen LogP contribution in [0.3, 0.4) is 0 Å². The molecule has 0 saturated carbocycles. The molecule has 2 unspecified atom stereocenters. The monoisotopic (exact) mass is 272 g/mol. The Morgan fingerprint density at radius 1 is 1.30 bits per heavy atom. The fraction of sp³-hybridized carbons (Fsp3) is 0.412. The van der Waals surface area contributed by atoms with Crippen LogP contribution in [0.1, 0.15) is 25.0 Å². The highest BCUT2D eigenvalue weighted by Gasteiger charge is 2.19. The summed E-state index contributed by atoms with van der Waals surface area (Å²) in [6, 6.07) is 12.1. The van der Waals surface area contributed by atoms with E-state index in [1.807, 2.05) is 30.3 Å². The van der Waals surface area contributed by atoms with E-state index >= 15 is 0 Å². The first-order valence-electron chi connectivity index (χ1n) is 7.16. The zero-order valence-corrected chi connectivity index (χ0v) is 11.7. The highest BCUT2D eigenvalue weighted by molar-refractivity contribution is 5.89. The summed E-state index contributed by atoms with van der Waals surface area (Å²) < 4.78 is 11.4. The van der Waals surface area contributed by atoms with Crippen LogP contribution < -0.4 is 4.74 Å². The molecular weight excluding hydrogens is 252 g/mol. The summed E-state index contributed by atoms with van der Waals surface area (Å²) in [6.45, 7) is 4.02. The molecule has 1 aliphatic heterocycles. The average molecular weight is 272 g/mol. The third-order valence-corrected chi connectivity index (χ3v) is 3.85. The van der Waals surface area contributed by atoms with Gasteiger partial charge in [0, 0.05) is 23.5 Å². The van der Waals surface area contributed by atoms with Crippen molar-refractivity contribution in [2.45, 2.75) is 19.4 Å². The van der Waals surface area contributed by atoms with Gasteiger partial charge in [-0.3, -0.25) is 0 Å². The Bertz CT molecular complexity index is 586. The Labute approximate surface area is 119 Å². The third kappa shape index (κ3) is 2.65. The normalized spacial score (nSPS) is 20.2. The second-order valence-corrected chi connectivity index (χ2v) is 5.42. The van der Waals surface area contributed by atoms with Crippen LogP contribution in [0, 0.1) is 5.92 Å². The minimum atomic E-state index is -0.533. The van der Waals surface area contributed by atoms with E-state index in [4.69, 9.17) is 9.47 Å². The number of hydrogen-bond donors (Lipinski definition) is 1. The maximum atomic E-state index is 9.95. The predicted molar refractivity (Wildman–Crippen MR) is 79.0 cm³/mol. The van der Waals surface area contributed by atoms with Gasteiger partial charge in [-0.1, -0.05) is 36.4 Å². The second-order valence-electron chi connectivity index (χ2n) is 5.42. The average Bonchev–Trinajstić information content (AvgIpc) is 2.97. The van der Waals surface area contributed by atoms with Crippen LogP contribution >= 0.6 is 0 Å². The number of hydrogen-bond acceptors (Lipinski definition) is 3. The molecule has 0 bridgehead atoms. The highest BCUT2D eigenvalue weighted by Crippen LogP contribution is 2.34. The Morgan fingerprint density at radius 3 is 2.90 bits per heavy atom. The molecule has 1 aliphatic rings. The Kier molecular flexibility index (Phi) is 3.90. The number of benzene rings is 2. The third-order valence-electron chi connectivity index (χ3n) is 3.85. The molecule has 106 valence electrons. The van der Waals surface area contributed by atoms with Crippen molar-refractivity contribution in [2.75, 3.05) is 19.8 Å². The van der Waals surface area contributed by atoms with Crippen molar-refractivity contribution in [1.82, 2.24) is 0 Å². The first-order valence-corrected chi connectivity index (χ1v) is 7.16. The van der Waals surface area contributed by atoms with E-state index in [2.05, 4.69) is 6.07 Å². The molecule has 3 nitrogen and oxygen atoms in total. The molecule has 1 fully saturated rings. The van der Waals surface area contributed by atoms with E-state index in [1.165, 1.54) is 0 Å². The van der Waals surface area contributed by atoms with Crippen LogP contribution in [-0.4, -0.2) is 24.9 Å². The standard InChI is InChI=1S/C17H20O3/c1-12(18)15-7-6-14-4-2-3-5-16(14)17(15)20-11-13-8-9-19-10-13/h2-7,12-13,18H,8-11H2,1H3. The van der Waals surface area contributed by atoms with E-state index in [9.17, 15) is 5.11 Å². The summed E-state index contributed by atoms with van der Waals surface area (Å²) in [5, 5.41) is 12.1. The zero-order valence-electron chi connectivity index (χ0n) is 11.7. The van der Waals surface area contributed by atoms with Crippen molar-refractivity contribution >= 4 is 10.8 Å². The summed E-state index contributed by atoms with van der Waals surface area (Å²) in [6.07, 6.45) is 0.517. The van der Waals surface area contributed by atoms with Crippen LogP contribution in [0.5, 0.6) is 5.75 Å². The number of fused-ring (bicyclic) bond motifs is 1. The summed E-state index contributed by atoms with van der Waals surface area (Å²) in [5.41, 5.74) is 0.850. The van der Waals surface area contributed by atoms with Gasteiger partial charge in [0.1, 0.15) is 5.75 Å². The fourth-order valence-electron chi connectivity index (χ4n) is 2.67. The van der Waals surface area contributed by atoms with Crippen LogP contribution in [0.2, 0.25) is 0 Å². The van der Waals surface area contributed by atoms with Gasteiger partial charge in [-0.2, -0.15) is 0 Å². The van der Waals surface area contributed by atoms with Gasteiger partial charge in [-0.05, 0) is 18.7 Å². The van der Waals surface area contributed by atoms with Gasteiger partial charge in [0.25, 0.3) is 0 Å². The van der Waals surface area contributed by atoms with Crippen molar-refractivity contribution in [2.24, 2.45) is 5.92 Å². The molecular formula is C17H20O3. The first kappa shape index (κ1) is 13.4. The van der Waals surface area contributed by atoms with Crippen LogP contribution in [-0.2, 0) is 4.74 Å². The van der Waals surface area contributed by atoms with Gasteiger partial charge in [0.05, 0.1) is 19.3 Å². The molecule has 0 radical (unpaired) electrons. The van der Waals surface area contributed by atoms with Crippen molar-refractivity contribution < 1.29 is 14.6 Å². The van der Waals surface area contributed by atoms with Crippen LogP contribution in [0.15, 0.2) is 36.4 Å². The molecule has 2 atom stereocenters. The first-order chi connectivity index (χ1) is 9.75. The van der Waals surface area contributed by atoms with Gasteiger partial charge in [-0.15, -0.1) is 0 Å². The van der Waals surface area contributed by atoms with Crippen LogP contribution in [0.25, 0.3) is 10.8 Å². The van der Waals surface area contributed by atoms with Gasteiger partial charge < -0.3 is 14.6 Å². The Hall–Kier alpha value is -1.58. The lowest BCUT2D eigenvalue weighted by atomic mass is 10.0. The molecule has 0 amide bonds. The largest absolute Gasteiger partial charge is 0.492 e. The number of ether oxygens (including phenoxy) is 2. The van der Waals surface area contributed by atoms with E-state index < -0.39 is 6.10 Å². The maximum Gasteiger partial charge on any atom is 0.132 e. The summed E-state index contributed by atoms with van der Waals surface area (Å²) in [4.78, 5) is 0. The van der Waals surface area contributed by atoms with Crippen molar-refractivity contribution in [3.63, 3.8) is 0 Å². The fourth-order valence-corrected chi connectivity index (χ4v) is 2.67. The molecule has 3 heteroatoms. The molecule has 0 aromatic heterocycles. The lowest BCUT2D eigenvalue weighted by molar-refractivity contribution is 0.162. The maximum absolute atomic E-state index is 9.95. The van der Waals surface area contributed by atoms with Crippen molar-refractivity contribution in [3.05, 3.63) is 42.0 Å². The second kappa shape index (κ2) is 5.81. The lowest BCUT2D eigenvalue weighted by Gasteiger charge is -2.18. The molecule has 0 aliphatic carbocycles. The molecule has 1 saturated heterocycles. The number of rotatable bonds is 4. The van der Waals surface area contributed by atoms with E-state index in [0.717, 1.165) is 41.7 Å². The Balaban J connectivity index is 1.94. The summed E-state index contributed by atoms with van der Waals surface area (Å²) >= 11 is 0. The minimum Gasteiger partial charge on any atom is -0.492 e. The molecule has 2 aromatic rings. The smallest absolute Gasteiger partial charge is 0.132 e. The van der Waals surface area contributed by atoms with E-state index in [-0.39, 0.29) is 0 Å². The highest BCUT2D eigenvalue weighted by atomic mass is 16.5. The molecule has 0 spiro atoms. The summed E-state index contributed by atoms with van der Waals surface area (Å²) in [7, 11) is 0. The van der Waals surface area contributed by atoms with Gasteiger partial charge in [0.15, 0.2) is 0 Å². The molecule has 20 heavy (non-hydrogen) atoms. The molecule has 1 heterocycles. The SMILES string of the molecule is CC(O)c1ccc2ccccc2c1OCC1CCOC1. The topological polar surface area (TPSA) is 38.7 Å². The minimum absolute atomic E-state index is 0.454. The van der Waals surface area contributed by atoms with E-state index in [0.29, 0.717) is 12.5 Å². The van der Waals surface area contributed by atoms with Gasteiger partial charge >= 0.3 is 0 Å². The Morgan fingerprint density at radius 2 is 2.15 bits per heavy atom. The zero-order chi connectivity index (χ0) is 13.9. The van der Waals surface area contributed by atoms with Gasteiger partial charge in [-0.25, -0.2) is 0 Å². The van der Waals surface area contributed by atoms with Crippen molar-refractivity contribution in [1.29, 1.82) is 0 Å².